The Labute approximate surface area is 128 Å². The minimum Gasteiger partial charge on any atom is -0.341 e. The third-order valence-electron chi connectivity index (χ3n) is 3.85. The second kappa shape index (κ2) is 7.65. The number of hydrogen-bond acceptors (Lipinski definition) is 2. The standard InChI is InChI=1S/C16H24N2O.ClH/c1-12(2)14-6-4-13(5-7-14)11-18(3)16(19)15-8-9-17-10-15;/h4-7,12,15,17H,8-11H2,1-3H3;1H. The van der Waals surface area contributed by atoms with Gasteiger partial charge in [0.2, 0.25) is 5.91 Å². The lowest BCUT2D eigenvalue weighted by atomic mass is 10.0. The Morgan fingerprint density at radius 1 is 1.35 bits per heavy atom. The zero-order valence-corrected chi connectivity index (χ0v) is 13.4. The number of nitrogens with one attached hydrogen (secondary N) is 1. The van der Waals surface area contributed by atoms with Gasteiger partial charge in [-0.3, -0.25) is 4.79 Å². The number of benzene rings is 1. The molecule has 1 aliphatic rings. The highest BCUT2D eigenvalue weighted by Crippen LogP contribution is 2.17. The molecule has 112 valence electrons. The van der Waals surface area contributed by atoms with Crippen LogP contribution in [0.2, 0.25) is 0 Å². The molecule has 2 rings (SSSR count). The molecule has 0 aliphatic carbocycles. The maximum Gasteiger partial charge on any atom is 0.227 e. The summed E-state index contributed by atoms with van der Waals surface area (Å²) in [6.07, 6.45) is 0.968. The highest BCUT2D eigenvalue weighted by molar-refractivity contribution is 5.85. The molecule has 0 aromatic heterocycles. The molecule has 0 saturated carbocycles. The molecule has 1 N–H and O–H groups in total. The summed E-state index contributed by atoms with van der Waals surface area (Å²) in [7, 11) is 1.90. The van der Waals surface area contributed by atoms with E-state index in [1.54, 1.807) is 0 Å². The Hall–Kier alpha value is -1.06. The van der Waals surface area contributed by atoms with Gasteiger partial charge in [0.1, 0.15) is 0 Å². The predicted octanol–water partition coefficient (Wildman–Crippen LogP) is 2.80. The third-order valence-corrected chi connectivity index (χ3v) is 3.85. The Morgan fingerprint density at radius 2 is 2.00 bits per heavy atom. The topological polar surface area (TPSA) is 32.3 Å². The Balaban J connectivity index is 0.00000200. The second-order valence-electron chi connectivity index (χ2n) is 5.78. The van der Waals surface area contributed by atoms with Crippen LogP contribution in [0.25, 0.3) is 0 Å². The molecule has 1 fully saturated rings. The first-order chi connectivity index (χ1) is 9.08. The van der Waals surface area contributed by atoms with Gasteiger partial charge < -0.3 is 10.2 Å². The zero-order chi connectivity index (χ0) is 13.8. The summed E-state index contributed by atoms with van der Waals surface area (Å²) in [5.41, 5.74) is 2.55. The van der Waals surface area contributed by atoms with E-state index in [0.29, 0.717) is 12.5 Å². The van der Waals surface area contributed by atoms with Gasteiger partial charge in [-0.25, -0.2) is 0 Å². The Morgan fingerprint density at radius 3 is 2.50 bits per heavy atom. The van der Waals surface area contributed by atoms with Gasteiger partial charge >= 0.3 is 0 Å². The van der Waals surface area contributed by atoms with Gasteiger partial charge in [0, 0.05) is 20.1 Å². The third kappa shape index (κ3) is 4.22. The molecule has 20 heavy (non-hydrogen) atoms. The van der Waals surface area contributed by atoms with E-state index in [1.165, 1.54) is 11.1 Å². The van der Waals surface area contributed by atoms with E-state index in [0.717, 1.165) is 19.5 Å². The van der Waals surface area contributed by atoms with Crippen LogP contribution in [0.15, 0.2) is 24.3 Å². The molecule has 4 heteroatoms. The summed E-state index contributed by atoms with van der Waals surface area (Å²) < 4.78 is 0. The fourth-order valence-corrected chi connectivity index (χ4v) is 2.54. The minimum atomic E-state index is 0. The molecular formula is C16H25ClN2O. The van der Waals surface area contributed by atoms with Crippen molar-refractivity contribution >= 4 is 18.3 Å². The number of nitrogens with zero attached hydrogens (tertiary/aromatic N) is 1. The molecule has 0 radical (unpaired) electrons. The van der Waals surface area contributed by atoms with Crippen molar-refractivity contribution in [2.75, 3.05) is 20.1 Å². The lowest BCUT2D eigenvalue weighted by Crippen LogP contribution is -2.33. The highest BCUT2D eigenvalue weighted by Gasteiger charge is 2.25. The first kappa shape index (κ1) is 17.0. The largest absolute Gasteiger partial charge is 0.341 e. The van der Waals surface area contributed by atoms with Crippen molar-refractivity contribution in [3.05, 3.63) is 35.4 Å². The first-order valence-electron chi connectivity index (χ1n) is 7.12. The zero-order valence-electron chi connectivity index (χ0n) is 12.6. The molecule has 3 nitrogen and oxygen atoms in total. The van der Waals surface area contributed by atoms with Crippen molar-refractivity contribution in [3.8, 4) is 0 Å². The maximum atomic E-state index is 12.2. The molecule has 1 aromatic carbocycles. The molecule has 1 heterocycles. The van der Waals surface area contributed by atoms with Gasteiger partial charge in [-0.15, -0.1) is 12.4 Å². The lowest BCUT2D eigenvalue weighted by Gasteiger charge is -2.21. The molecule has 1 aromatic rings. The molecule has 0 bridgehead atoms. The van der Waals surface area contributed by atoms with E-state index in [4.69, 9.17) is 0 Å². The fraction of sp³-hybridized carbons (Fsp3) is 0.562. The smallest absolute Gasteiger partial charge is 0.227 e. The van der Waals surface area contributed by atoms with E-state index >= 15 is 0 Å². The van der Waals surface area contributed by atoms with Crippen molar-refractivity contribution in [2.45, 2.75) is 32.7 Å². The Bertz CT molecular complexity index is 425. The maximum absolute atomic E-state index is 12.2. The van der Waals surface area contributed by atoms with Gasteiger partial charge in [-0.05, 0) is 30.0 Å². The van der Waals surface area contributed by atoms with Crippen molar-refractivity contribution in [1.82, 2.24) is 10.2 Å². The average molecular weight is 297 g/mol. The fourth-order valence-electron chi connectivity index (χ4n) is 2.54. The second-order valence-corrected chi connectivity index (χ2v) is 5.78. The van der Waals surface area contributed by atoms with Crippen molar-refractivity contribution in [2.24, 2.45) is 5.92 Å². The summed E-state index contributed by atoms with van der Waals surface area (Å²) in [5.74, 6) is 0.982. The number of halogens is 1. The normalized spacial score (nSPS) is 17.9. The van der Waals surface area contributed by atoms with Crippen LogP contribution >= 0.6 is 12.4 Å². The predicted molar refractivity (Wildman–Crippen MR) is 85.2 cm³/mol. The number of amides is 1. The molecular weight excluding hydrogens is 272 g/mol. The molecule has 1 aliphatic heterocycles. The molecule has 1 unspecified atom stereocenters. The van der Waals surface area contributed by atoms with Crippen LogP contribution in [0.4, 0.5) is 0 Å². The van der Waals surface area contributed by atoms with Crippen LogP contribution < -0.4 is 5.32 Å². The first-order valence-corrected chi connectivity index (χ1v) is 7.12. The average Bonchev–Trinajstić information content (AvgIpc) is 2.92. The van der Waals surface area contributed by atoms with Crippen LogP contribution in [0, 0.1) is 5.92 Å². The molecule has 1 amide bonds. The number of hydrogen-bond donors (Lipinski definition) is 1. The van der Waals surface area contributed by atoms with Crippen molar-refractivity contribution in [3.63, 3.8) is 0 Å². The van der Waals surface area contributed by atoms with E-state index in [9.17, 15) is 4.79 Å². The SMILES string of the molecule is CC(C)c1ccc(CN(C)C(=O)C2CCNC2)cc1.Cl. The summed E-state index contributed by atoms with van der Waals surface area (Å²) in [4.78, 5) is 14.1. The summed E-state index contributed by atoms with van der Waals surface area (Å²) >= 11 is 0. The molecule has 1 atom stereocenters. The van der Waals surface area contributed by atoms with Gasteiger partial charge in [-0.1, -0.05) is 38.1 Å². The van der Waals surface area contributed by atoms with E-state index in [2.05, 4.69) is 43.4 Å². The summed E-state index contributed by atoms with van der Waals surface area (Å²) in [5, 5.41) is 3.24. The molecule has 1 saturated heterocycles. The van der Waals surface area contributed by atoms with E-state index in [1.807, 2.05) is 11.9 Å². The molecule has 0 spiro atoms. The van der Waals surface area contributed by atoms with Gasteiger partial charge in [0.15, 0.2) is 0 Å². The van der Waals surface area contributed by atoms with Crippen LogP contribution in [-0.2, 0) is 11.3 Å². The van der Waals surface area contributed by atoms with Crippen LogP contribution in [0.3, 0.4) is 0 Å². The van der Waals surface area contributed by atoms with Gasteiger partial charge in [0.05, 0.1) is 5.92 Å². The number of rotatable bonds is 4. The minimum absolute atomic E-state index is 0. The van der Waals surface area contributed by atoms with E-state index in [-0.39, 0.29) is 24.2 Å². The van der Waals surface area contributed by atoms with Gasteiger partial charge in [-0.2, -0.15) is 0 Å². The van der Waals surface area contributed by atoms with E-state index < -0.39 is 0 Å². The van der Waals surface area contributed by atoms with Crippen LogP contribution in [0.1, 0.15) is 37.3 Å². The lowest BCUT2D eigenvalue weighted by molar-refractivity contribution is -0.134. The van der Waals surface area contributed by atoms with Gasteiger partial charge in [0.25, 0.3) is 0 Å². The van der Waals surface area contributed by atoms with Crippen molar-refractivity contribution < 1.29 is 4.79 Å². The monoisotopic (exact) mass is 296 g/mol. The Kier molecular flexibility index (Phi) is 6.50. The number of carbonyl (C=O) groups excluding carboxylic acids is 1. The summed E-state index contributed by atoms with van der Waals surface area (Å²) in [6.45, 7) is 6.88. The van der Waals surface area contributed by atoms with Crippen molar-refractivity contribution in [1.29, 1.82) is 0 Å². The quantitative estimate of drug-likeness (QED) is 0.927. The highest BCUT2D eigenvalue weighted by atomic mass is 35.5. The van der Waals surface area contributed by atoms with Crippen LogP contribution in [-0.4, -0.2) is 30.9 Å². The number of carbonyl (C=O) groups is 1. The summed E-state index contributed by atoms with van der Waals surface area (Å²) in [6, 6.07) is 8.59. The van der Waals surface area contributed by atoms with Crippen LogP contribution in [0.5, 0.6) is 0 Å².